The van der Waals surface area contributed by atoms with Crippen LogP contribution in [-0.2, 0) is 14.9 Å². The molecule has 2 heterocycles. The van der Waals surface area contributed by atoms with E-state index in [1.54, 1.807) is 13.0 Å². The summed E-state index contributed by atoms with van der Waals surface area (Å²) in [4.78, 5) is 16.8. The van der Waals surface area contributed by atoms with Gasteiger partial charge in [-0.2, -0.15) is 0 Å². The second-order valence-electron chi connectivity index (χ2n) is 8.04. The van der Waals surface area contributed by atoms with E-state index in [1.165, 1.54) is 5.56 Å². The number of rotatable bonds is 3. The molecule has 2 aromatic carbocycles. The predicted octanol–water partition coefficient (Wildman–Crippen LogP) is 5.29. The van der Waals surface area contributed by atoms with Gasteiger partial charge >= 0.3 is 5.97 Å². The number of esters is 1. The molecular formula is C24H22N2O3. The Morgan fingerprint density at radius 3 is 2.31 bits per heavy atom. The van der Waals surface area contributed by atoms with Gasteiger partial charge in [-0.15, -0.1) is 0 Å². The first-order valence-electron chi connectivity index (χ1n) is 9.48. The smallest absolute Gasteiger partial charge is 0.363 e. The van der Waals surface area contributed by atoms with Gasteiger partial charge in [-0.05, 0) is 29.5 Å². The van der Waals surface area contributed by atoms with E-state index in [4.69, 9.17) is 9.26 Å². The van der Waals surface area contributed by atoms with E-state index >= 15 is 0 Å². The summed E-state index contributed by atoms with van der Waals surface area (Å²) in [6.07, 6.45) is 1.73. The van der Waals surface area contributed by atoms with E-state index in [0.717, 1.165) is 11.1 Å². The lowest BCUT2D eigenvalue weighted by atomic mass is 9.87. The second-order valence-corrected chi connectivity index (χ2v) is 8.04. The summed E-state index contributed by atoms with van der Waals surface area (Å²) in [7, 11) is 0. The SMILES string of the molecule is Cc1onc(-c2ccccc2)c1C1=N/C(=C\c2ccc(C(C)(C)C)cc2)C(=O)O1. The Morgan fingerprint density at radius 1 is 0.966 bits per heavy atom. The summed E-state index contributed by atoms with van der Waals surface area (Å²) >= 11 is 0. The molecule has 0 fully saturated rings. The Bertz CT molecular complexity index is 1120. The summed E-state index contributed by atoms with van der Waals surface area (Å²) in [6.45, 7) is 8.27. The van der Waals surface area contributed by atoms with Crippen molar-refractivity contribution >= 4 is 17.9 Å². The van der Waals surface area contributed by atoms with Crippen molar-refractivity contribution in [1.82, 2.24) is 5.16 Å². The van der Waals surface area contributed by atoms with Crippen molar-refractivity contribution in [2.75, 3.05) is 0 Å². The van der Waals surface area contributed by atoms with Gasteiger partial charge in [0.05, 0.1) is 0 Å². The van der Waals surface area contributed by atoms with E-state index in [1.807, 2.05) is 42.5 Å². The van der Waals surface area contributed by atoms with Gasteiger partial charge in [-0.25, -0.2) is 9.79 Å². The number of aromatic nitrogens is 1. The van der Waals surface area contributed by atoms with Crippen LogP contribution in [0.1, 0.15) is 43.2 Å². The van der Waals surface area contributed by atoms with Crippen LogP contribution in [0.2, 0.25) is 0 Å². The highest BCUT2D eigenvalue weighted by molar-refractivity contribution is 6.15. The zero-order valence-electron chi connectivity index (χ0n) is 16.9. The van der Waals surface area contributed by atoms with Crippen molar-refractivity contribution in [2.24, 2.45) is 4.99 Å². The maximum absolute atomic E-state index is 12.4. The average molecular weight is 386 g/mol. The number of nitrogens with zero attached hydrogens (tertiary/aromatic N) is 2. The molecule has 0 unspecified atom stereocenters. The van der Waals surface area contributed by atoms with Crippen LogP contribution in [-0.4, -0.2) is 17.0 Å². The van der Waals surface area contributed by atoms with Crippen LogP contribution in [0.4, 0.5) is 0 Å². The van der Waals surface area contributed by atoms with Crippen LogP contribution in [0.15, 0.2) is 69.8 Å². The quantitative estimate of drug-likeness (QED) is 0.453. The monoisotopic (exact) mass is 386 g/mol. The number of hydrogen-bond acceptors (Lipinski definition) is 5. The highest BCUT2D eigenvalue weighted by atomic mass is 16.6. The maximum atomic E-state index is 12.4. The number of cyclic esters (lactones) is 1. The number of benzene rings is 2. The highest BCUT2D eigenvalue weighted by Gasteiger charge is 2.30. The standard InChI is InChI=1S/C24H22N2O3/c1-15-20(21(26-29-15)17-8-6-5-7-9-17)22-25-19(23(27)28-22)14-16-10-12-18(13-11-16)24(2,3)4/h5-14H,1-4H3/b19-14-. The molecule has 0 N–H and O–H groups in total. The van der Waals surface area contributed by atoms with E-state index in [9.17, 15) is 4.79 Å². The molecule has 5 nitrogen and oxygen atoms in total. The van der Waals surface area contributed by atoms with Crippen LogP contribution in [0.3, 0.4) is 0 Å². The number of carbonyl (C=O) groups excluding carboxylic acids is 1. The van der Waals surface area contributed by atoms with Crippen LogP contribution in [0, 0.1) is 6.92 Å². The summed E-state index contributed by atoms with van der Waals surface area (Å²) < 4.78 is 10.8. The third kappa shape index (κ3) is 3.76. The molecule has 0 spiro atoms. The minimum Gasteiger partial charge on any atom is -0.402 e. The maximum Gasteiger partial charge on any atom is 0.363 e. The topological polar surface area (TPSA) is 64.7 Å². The molecule has 1 aliphatic heterocycles. The van der Waals surface area contributed by atoms with E-state index in [2.05, 4.69) is 43.1 Å². The molecule has 0 amide bonds. The molecule has 1 aliphatic rings. The van der Waals surface area contributed by atoms with Crippen molar-refractivity contribution in [3.63, 3.8) is 0 Å². The third-order valence-electron chi connectivity index (χ3n) is 4.82. The van der Waals surface area contributed by atoms with Crippen LogP contribution in [0.25, 0.3) is 17.3 Å². The molecule has 3 aromatic rings. The Labute approximate surface area is 169 Å². The zero-order valence-corrected chi connectivity index (χ0v) is 16.9. The average Bonchev–Trinajstić information content (AvgIpc) is 3.25. The lowest BCUT2D eigenvalue weighted by Gasteiger charge is -2.18. The van der Waals surface area contributed by atoms with Gasteiger partial charge in [0.15, 0.2) is 5.70 Å². The van der Waals surface area contributed by atoms with Crippen molar-refractivity contribution < 1.29 is 14.1 Å². The first-order valence-corrected chi connectivity index (χ1v) is 9.48. The first-order chi connectivity index (χ1) is 13.8. The summed E-state index contributed by atoms with van der Waals surface area (Å²) in [5, 5.41) is 4.13. The second kappa shape index (κ2) is 7.17. The largest absolute Gasteiger partial charge is 0.402 e. The fourth-order valence-electron chi connectivity index (χ4n) is 3.17. The van der Waals surface area contributed by atoms with Crippen molar-refractivity contribution in [3.05, 3.63) is 82.7 Å². The first kappa shape index (κ1) is 18.9. The number of ether oxygens (including phenoxy) is 1. The van der Waals surface area contributed by atoms with E-state index in [-0.39, 0.29) is 17.0 Å². The lowest BCUT2D eigenvalue weighted by molar-refractivity contribution is -0.129. The van der Waals surface area contributed by atoms with Gasteiger partial charge in [0.1, 0.15) is 17.0 Å². The lowest BCUT2D eigenvalue weighted by Crippen LogP contribution is -2.10. The molecule has 146 valence electrons. The molecule has 0 radical (unpaired) electrons. The molecule has 0 bridgehead atoms. The van der Waals surface area contributed by atoms with Gasteiger partial charge in [0.2, 0.25) is 5.90 Å². The molecule has 1 aromatic heterocycles. The van der Waals surface area contributed by atoms with Gasteiger partial charge in [0, 0.05) is 5.56 Å². The fraction of sp³-hybridized carbons (Fsp3) is 0.208. The van der Waals surface area contributed by atoms with E-state index < -0.39 is 5.97 Å². The van der Waals surface area contributed by atoms with Gasteiger partial charge < -0.3 is 9.26 Å². The normalized spacial score (nSPS) is 15.5. The van der Waals surface area contributed by atoms with Gasteiger partial charge in [0.25, 0.3) is 0 Å². The summed E-state index contributed by atoms with van der Waals surface area (Å²) in [6, 6.07) is 17.7. The van der Waals surface area contributed by atoms with Gasteiger partial charge in [-0.1, -0.05) is 80.5 Å². The Hall–Kier alpha value is -3.47. The molecule has 4 rings (SSSR count). The minimum absolute atomic E-state index is 0.0724. The Morgan fingerprint density at radius 2 is 1.66 bits per heavy atom. The Kier molecular flexibility index (Phi) is 4.66. The summed E-state index contributed by atoms with van der Waals surface area (Å²) in [5.41, 5.74) is 4.51. The van der Waals surface area contributed by atoms with Crippen LogP contribution >= 0.6 is 0 Å². The number of aryl methyl sites for hydroxylation is 1. The zero-order chi connectivity index (χ0) is 20.6. The Balaban J connectivity index is 1.69. The molecule has 0 saturated carbocycles. The molecule has 0 atom stereocenters. The highest BCUT2D eigenvalue weighted by Crippen LogP contribution is 2.29. The van der Waals surface area contributed by atoms with Crippen molar-refractivity contribution in [3.8, 4) is 11.3 Å². The number of carbonyl (C=O) groups is 1. The molecular weight excluding hydrogens is 364 g/mol. The van der Waals surface area contributed by atoms with Crippen LogP contribution in [0.5, 0.6) is 0 Å². The molecule has 5 heteroatoms. The fourth-order valence-corrected chi connectivity index (χ4v) is 3.17. The van der Waals surface area contributed by atoms with Crippen molar-refractivity contribution in [1.29, 1.82) is 0 Å². The van der Waals surface area contributed by atoms with Crippen LogP contribution < -0.4 is 0 Å². The predicted molar refractivity (Wildman–Crippen MR) is 112 cm³/mol. The summed E-state index contributed by atoms with van der Waals surface area (Å²) in [5.74, 6) is 0.274. The third-order valence-corrected chi connectivity index (χ3v) is 4.82. The minimum atomic E-state index is -0.487. The molecule has 0 aliphatic carbocycles. The molecule has 29 heavy (non-hydrogen) atoms. The van der Waals surface area contributed by atoms with Crippen molar-refractivity contribution in [2.45, 2.75) is 33.1 Å². The number of aliphatic imine (C=N–C) groups is 1. The van der Waals surface area contributed by atoms with E-state index in [0.29, 0.717) is 17.0 Å². The van der Waals surface area contributed by atoms with Gasteiger partial charge in [-0.3, -0.25) is 0 Å². The molecule has 0 saturated heterocycles. The number of hydrogen-bond donors (Lipinski definition) is 0.